The normalized spacial score (nSPS) is 12.2. The first-order valence-electron chi connectivity index (χ1n) is 26.5. The van der Waals surface area contributed by atoms with Gasteiger partial charge in [-0.05, 0) is 96.3 Å². The lowest BCUT2D eigenvalue weighted by molar-refractivity contribution is -0.167. The minimum Gasteiger partial charge on any atom is -0.462 e. The van der Waals surface area contributed by atoms with Crippen LogP contribution in [-0.2, 0) is 28.6 Å². The van der Waals surface area contributed by atoms with Crippen molar-refractivity contribution in [2.75, 3.05) is 13.2 Å². The fourth-order valence-corrected chi connectivity index (χ4v) is 7.18. The zero-order valence-corrected chi connectivity index (χ0v) is 41.3. The predicted octanol–water partition coefficient (Wildman–Crippen LogP) is 17.4. The van der Waals surface area contributed by atoms with Gasteiger partial charge in [0.05, 0.1) is 0 Å². The second-order valence-corrected chi connectivity index (χ2v) is 17.5. The third kappa shape index (κ3) is 49.7. The van der Waals surface area contributed by atoms with Gasteiger partial charge in [-0.3, -0.25) is 14.4 Å². The molecular formula is C57H98O6. The minimum absolute atomic E-state index is 0.0904. The maximum atomic E-state index is 12.8. The van der Waals surface area contributed by atoms with Gasteiger partial charge in [0, 0.05) is 19.3 Å². The van der Waals surface area contributed by atoms with Gasteiger partial charge in [0.2, 0.25) is 0 Å². The Kier molecular flexibility index (Phi) is 48.9. The largest absolute Gasteiger partial charge is 0.462 e. The molecule has 0 fully saturated rings. The van der Waals surface area contributed by atoms with Crippen molar-refractivity contribution in [2.45, 2.75) is 258 Å². The summed E-state index contributed by atoms with van der Waals surface area (Å²) in [6.07, 6.45) is 64.4. The molecule has 0 amide bonds. The van der Waals surface area contributed by atoms with E-state index in [0.29, 0.717) is 19.3 Å². The molecule has 63 heavy (non-hydrogen) atoms. The van der Waals surface area contributed by atoms with Crippen LogP contribution in [0.3, 0.4) is 0 Å². The Hall–Kier alpha value is -3.15. The van der Waals surface area contributed by atoms with Gasteiger partial charge in [-0.2, -0.15) is 0 Å². The minimum atomic E-state index is -0.791. The summed E-state index contributed by atoms with van der Waals surface area (Å²) in [5.74, 6) is -0.922. The maximum Gasteiger partial charge on any atom is 0.306 e. The van der Waals surface area contributed by atoms with Gasteiger partial charge < -0.3 is 14.2 Å². The van der Waals surface area contributed by atoms with Gasteiger partial charge in [0.15, 0.2) is 6.10 Å². The van der Waals surface area contributed by atoms with Crippen LogP contribution in [0.2, 0.25) is 0 Å². The SMILES string of the molecule is CCCCC/C=C\C=C\CCCCCCCCC(=O)OCC(COC(=O)CCCCCCCC/C=C/C=C\CCCCC)OC(=O)CCCCCCCC/C=C/C=C\CCCCC. The van der Waals surface area contributed by atoms with Crippen LogP contribution in [0.1, 0.15) is 252 Å². The highest BCUT2D eigenvalue weighted by molar-refractivity contribution is 5.71. The molecule has 0 radical (unpaired) electrons. The van der Waals surface area contributed by atoms with Gasteiger partial charge >= 0.3 is 17.9 Å². The number of carbonyl (C=O) groups excluding carboxylic acids is 3. The first-order valence-corrected chi connectivity index (χ1v) is 26.5. The maximum absolute atomic E-state index is 12.8. The third-order valence-electron chi connectivity index (χ3n) is 11.2. The van der Waals surface area contributed by atoms with E-state index in [1.54, 1.807) is 0 Å². The highest BCUT2D eigenvalue weighted by Gasteiger charge is 2.19. The number of allylic oxidation sites excluding steroid dienone is 12. The van der Waals surface area contributed by atoms with Crippen molar-refractivity contribution in [3.05, 3.63) is 72.9 Å². The molecule has 0 saturated heterocycles. The van der Waals surface area contributed by atoms with Crippen LogP contribution in [0.25, 0.3) is 0 Å². The monoisotopic (exact) mass is 879 g/mol. The van der Waals surface area contributed by atoms with Crippen molar-refractivity contribution in [3.63, 3.8) is 0 Å². The summed E-state index contributed by atoms with van der Waals surface area (Å²) in [5.41, 5.74) is 0. The molecule has 0 aromatic carbocycles. The molecule has 6 nitrogen and oxygen atoms in total. The number of hydrogen-bond donors (Lipinski definition) is 0. The number of ether oxygens (including phenoxy) is 3. The zero-order chi connectivity index (χ0) is 45.8. The Labute approximate surface area is 389 Å². The van der Waals surface area contributed by atoms with Gasteiger partial charge in [0.25, 0.3) is 0 Å². The second kappa shape index (κ2) is 51.5. The highest BCUT2D eigenvalue weighted by atomic mass is 16.6. The average Bonchev–Trinajstić information content (AvgIpc) is 3.28. The summed E-state index contributed by atoms with van der Waals surface area (Å²) in [6.45, 7) is 6.52. The molecule has 0 aliphatic carbocycles. The molecule has 0 aliphatic rings. The predicted molar refractivity (Wildman–Crippen MR) is 270 cm³/mol. The summed E-state index contributed by atoms with van der Waals surface area (Å²) >= 11 is 0. The molecule has 0 saturated carbocycles. The van der Waals surface area contributed by atoms with Crippen LogP contribution in [0.4, 0.5) is 0 Å². The van der Waals surface area contributed by atoms with E-state index >= 15 is 0 Å². The number of rotatable bonds is 47. The van der Waals surface area contributed by atoms with Crippen molar-refractivity contribution in [1.29, 1.82) is 0 Å². The van der Waals surface area contributed by atoms with E-state index < -0.39 is 6.10 Å². The van der Waals surface area contributed by atoms with Crippen LogP contribution >= 0.6 is 0 Å². The standard InChI is InChI=1S/C57H98O6/c1-4-7-10-13-16-19-22-25-28-31-34-37-40-43-46-49-55(58)61-52-54(63-57(60)51-48-45-42-39-36-33-30-27-24-21-18-15-12-9-6-3)53-62-56(59)50-47-44-41-38-35-32-29-26-23-20-17-14-11-8-5-2/h16-27,54H,4-15,28-53H2,1-3H3/b19-16-,20-17-,21-18-,25-22+,26-23+,27-24+. The fourth-order valence-electron chi connectivity index (χ4n) is 7.18. The van der Waals surface area contributed by atoms with Gasteiger partial charge in [-0.25, -0.2) is 0 Å². The smallest absolute Gasteiger partial charge is 0.306 e. The number of unbranched alkanes of at least 4 members (excludes halogenated alkanes) is 27. The molecule has 0 heterocycles. The molecule has 0 atom stereocenters. The molecule has 0 rings (SSSR count). The van der Waals surface area contributed by atoms with Gasteiger partial charge in [0.1, 0.15) is 13.2 Å². The summed E-state index contributed by atoms with van der Waals surface area (Å²) in [4.78, 5) is 38.0. The summed E-state index contributed by atoms with van der Waals surface area (Å²) in [7, 11) is 0. The molecule has 0 aromatic rings. The Balaban J connectivity index is 4.45. The molecule has 0 aliphatic heterocycles. The molecule has 0 N–H and O–H groups in total. The van der Waals surface area contributed by atoms with E-state index in [1.165, 1.54) is 128 Å². The van der Waals surface area contributed by atoms with Crippen molar-refractivity contribution in [3.8, 4) is 0 Å². The molecule has 6 heteroatoms. The average molecular weight is 879 g/mol. The molecule has 362 valence electrons. The topological polar surface area (TPSA) is 78.9 Å². The van der Waals surface area contributed by atoms with Crippen molar-refractivity contribution < 1.29 is 28.6 Å². The summed E-state index contributed by atoms with van der Waals surface area (Å²) in [6, 6.07) is 0. The van der Waals surface area contributed by atoms with Crippen LogP contribution in [0, 0.1) is 0 Å². The molecule has 0 aromatic heterocycles. The van der Waals surface area contributed by atoms with Gasteiger partial charge in [-0.15, -0.1) is 0 Å². The first kappa shape index (κ1) is 59.9. The quantitative estimate of drug-likeness (QED) is 0.0262. The summed E-state index contributed by atoms with van der Waals surface area (Å²) < 4.78 is 16.8. The number of hydrogen-bond acceptors (Lipinski definition) is 6. The van der Waals surface area contributed by atoms with E-state index in [9.17, 15) is 14.4 Å². The molecular weight excluding hydrogens is 781 g/mol. The Bertz CT molecular complexity index is 1130. The first-order chi connectivity index (χ1) is 31.0. The van der Waals surface area contributed by atoms with Crippen molar-refractivity contribution >= 4 is 17.9 Å². The van der Waals surface area contributed by atoms with E-state index in [1.807, 2.05) is 0 Å². The van der Waals surface area contributed by atoms with Gasteiger partial charge in [-0.1, -0.05) is 209 Å². The van der Waals surface area contributed by atoms with E-state index in [2.05, 4.69) is 93.7 Å². The van der Waals surface area contributed by atoms with Crippen LogP contribution in [0.5, 0.6) is 0 Å². The highest BCUT2D eigenvalue weighted by Crippen LogP contribution is 2.14. The Morgan fingerprint density at radius 2 is 0.556 bits per heavy atom. The lowest BCUT2D eigenvalue weighted by atomic mass is 10.1. The molecule has 0 spiro atoms. The third-order valence-corrected chi connectivity index (χ3v) is 11.2. The fraction of sp³-hybridized carbons (Fsp3) is 0.737. The van der Waals surface area contributed by atoms with Crippen LogP contribution in [0.15, 0.2) is 72.9 Å². The second-order valence-electron chi connectivity index (χ2n) is 17.5. The lowest BCUT2D eigenvalue weighted by Gasteiger charge is -2.18. The number of carbonyl (C=O) groups is 3. The molecule has 0 bridgehead atoms. The number of esters is 3. The van der Waals surface area contributed by atoms with Crippen LogP contribution < -0.4 is 0 Å². The van der Waals surface area contributed by atoms with E-state index in [-0.39, 0.29) is 31.1 Å². The Morgan fingerprint density at radius 3 is 0.841 bits per heavy atom. The van der Waals surface area contributed by atoms with E-state index in [4.69, 9.17) is 14.2 Å². The van der Waals surface area contributed by atoms with Crippen LogP contribution in [-0.4, -0.2) is 37.2 Å². The lowest BCUT2D eigenvalue weighted by Crippen LogP contribution is -2.30. The van der Waals surface area contributed by atoms with Crippen molar-refractivity contribution in [2.24, 2.45) is 0 Å². The summed E-state index contributed by atoms with van der Waals surface area (Å²) in [5, 5.41) is 0. The molecule has 0 unspecified atom stereocenters. The van der Waals surface area contributed by atoms with E-state index in [0.717, 1.165) is 83.5 Å². The van der Waals surface area contributed by atoms with Crippen molar-refractivity contribution in [1.82, 2.24) is 0 Å². The Morgan fingerprint density at radius 1 is 0.317 bits per heavy atom. The zero-order valence-electron chi connectivity index (χ0n) is 41.3.